The van der Waals surface area contributed by atoms with Crippen LogP contribution in [0.1, 0.15) is 66.1 Å². The van der Waals surface area contributed by atoms with Crippen LogP contribution in [0, 0.1) is 25.6 Å². The normalized spacial score (nSPS) is 15.1. The lowest BCUT2D eigenvalue weighted by Crippen LogP contribution is -2.31. The van der Waals surface area contributed by atoms with Gasteiger partial charge in [-0.2, -0.15) is 0 Å². The second-order valence-corrected chi connectivity index (χ2v) is 10.4. The molecule has 1 aliphatic rings. The molecule has 0 aliphatic carbocycles. The number of carbonyl (C=O) groups excluding carboxylic acids is 2. The van der Waals surface area contributed by atoms with Crippen LogP contribution in [0.4, 0.5) is 10.1 Å². The second-order valence-electron chi connectivity index (χ2n) is 10.4. The largest absolute Gasteiger partial charge is 0.494 e. The molecule has 0 spiro atoms. The van der Waals surface area contributed by atoms with Gasteiger partial charge < -0.3 is 20.7 Å². The van der Waals surface area contributed by atoms with Crippen molar-refractivity contribution < 1.29 is 18.7 Å². The van der Waals surface area contributed by atoms with E-state index in [9.17, 15) is 14.0 Å². The Morgan fingerprint density at radius 2 is 1.95 bits per heavy atom. The minimum absolute atomic E-state index is 0.0686. The van der Waals surface area contributed by atoms with Crippen molar-refractivity contribution in [1.82, 2.24) is 14.5 Å². The van der Waals surface area contributed by atoms with Crippen molar-refractivity contribution in [3.8, 4) is 17.0 Å². The van der Waals surface area contributed by atoms with Crippen molar-refractivity contribution in [2.45, 2.75) is 52.6 Å². The molecule has 3 aromatic rings. The van der Waals surface area contributed by atoms with Gasteiger partial charge in [-0.3, -0.25) is 14.2 Å². The van der Waals surface area contributed by atoms with Gasteiger partial charge in [0.05, 0.1) is 19.0 Å². The fourth-order valence-electron chi connectivity index (χ4n) is 5.26. The Morgan fingerprint density at radius 1 is 1.18 bits per heavy atom. The van der Waals surface area contributed by atoms with Crippen LogP contribution in [-0.4, -0.2) is 46.7 Å². The number of fused-ring (bicyclic) bond motifs is 1. The lowest BCUT2D eigenvalue weighted by molar-refractivity contribution is -0.121. The molecule has 0 bridgehead atoms. The quantitative estimate of drug-likeness (QED) is 0.280. The highest BCUT2D eigenvalue weighted by Gasteiger charge is 2.27. The number of nitrogens with zero attached hydrogens (tertiary/aromatic N) is 3. The number of hydrogen-bond acceptors (Lipinski definition) is 7. The van der Waals surface area contributed by atoms with E-state index in [0.717, 1.165) is 28.3 Å². The maximum atomic E-state index is 14.8. The van der Waals surface area contributed by atoms with Gasteiger partial charge in [0, 0.05) is 48.6 Å². The highest BCUT2D eigenvalue weighted by Crippen LogP contribution is 2.35. The minimum atomic E-state index is -0.388. The first-order valence-electron chi connectivity index (χ1n) is 13.6. The molecule has 40 heavy (non-hydrogen) atoms. The summed E-state index contributed by atoms with van der Waals surface area (Å²) in [4.78, 5) is 31.4. The topological polar surface area (TPSA) is 102 Å². The molecule has 2 aromatic carbocycles. The molecule has 0 radical (unpaired) electrons. The summed E-state index contributed by atoms with van der Waals surface area (Å²) in [5.41, 5.74) is 10.0. The van der Waals surface area contributed by atoms with Gasteiger partial charge in [-0.15, -0.1) is 0 Å². The number of nitrogens with one attached hydrogen (secondary N) is 1. The number of rotatable bonds is 12. The van der Waals surface area contributed by atoms with Crippen LogP contribution in [0.5, 0.6) is 5.75 Å². The number of aromatic nitrogens is 2. The third kappa shape index (κ3) is 5.94. The highest BCUT2D eigenvalue weighted by molar-refractivity contribution is 5.97. The molecule has 0 saturated heterocycles. The first kappa shape index (κ1) is 29.0. The van der Waals surface area contributed by atoms with E-state index in [0.29, 0.717) is 43.4 Å². The first-order valence-corrected chi connectivity index (χ1v) is 13.6. The molecule has 1 aromatic heterocycles. The van der Waals surface area contributed by atoms with E-state index >= 15 is 0 Å². The van der Waals surface area contributed by atoms with Crippen LogP contribution in [0.3, 0.4) is 0 Å². The maximum Gasteiger partial charge on any atom is 0.168 e. The van der Waals surface area contributed by atoms with E-state index in [1.54, 1.807) is 26.1 Å². The molecule has 2 heterocycles. The number of benzene rings is 2. The van der Waals surface area contributed by atoms with Gasteiger partial charge in [0.15, 0.2) is 29.3 Å². The van der Waals surface area contributed by atoms with E-state index in [4.69, 9.17) is 10.5 Å². The molecule has 2 unspecified atom stereocenters. The number of nitrogens with two attached hydrogens (primary N) is 1. The molecule has 1 aliphatic heterocycles. The Balaban J connectivity index is 1.49. The van der Waals surface area contributed by atoms with Crippen molar-refractivity contribution in [2.75, 3.05) is 26.0 Å². The van der Waals surface area contributed by atoms with Gasteiger partial charge in [0.1, 0.15) is 5.78 Å². The van der Waals surface area contributed by atoms with Crippen molar-refractivity contribution in [3.63, 3.8) is 0 Å². The Hall–Kier alpha value is -3.98. The molecule has 0 saturated carbocycles. The summed E-state index contributed by atoms with van der Waals surface area (Å²) in [5, 5.41) is 3.52. The summed E-state index contributed by atoms with van der Waals surface area (Å²) in [7, 11) is 3.40. The van der Waals surface area contributed by atoms with E-state index < -0.39 is 0 Å². The van der Waals surface area contributed by atoms with Crippen LogP contribution in [0.15, 0.2) is 42.7 Å². The Morgan fingerprint density at radius 3 is 2.62 bits per heavy atom. The monoisotopic (exact) mass is 547 g/mol. The average molecular weight is 548 g/mol. The number of ketones is 2. The Bertz CT molecular complexity index is 1430. The third-order valence-corrected chi connectivity index (χ3v) is 7.65. The van der Waals surface area contributed by atoms with Gasteiger partial charge in [-0.05, 0) is 88.0 Å². The predicted molar refractivity (Wildman–Crippen MR) is 156 cm³/mol. The van der Waals surface area contributed by atoms with Crippen LogP contribution in [0.25, 0.3) is 17.5 Å². The van der Waals surface area contributed by atoms with E-state index in [-0.39, 0.29) is 35.2 Å². The van der Waals surface area contributed by atoms with Crippen molar-refractivity contribution in [2.24, 2.45) is 11.7 Å². The van der Waals surface area contributed by atoms with E-state index in [1.165, 1.54) is 7.11 Å². The number of methoxy groups -OCH3 is 1. The molecular formula is C31H38FN5O3. The molecule has 2 atom stereocenters. The van der Waals surface area contributed by atoms with Crippen molar-refractivity contribution in [3.05, 3.63) is 71.1 Å². The van der Waals surface area contributed by atoms with Gasteiger partial charge in [-0.25, -0.2) is 9.37 Å². The molecule has 212 valence electrons. The Labute approximate surface area is 235 Å². The van der Waals surface area contributed by atoms with Gasteiger partial charge in [0.2, 0.25) is 0 Å². The minimum Gasteiger partial charge on any atom is -0.494 e. The Kier molecular flexibility index (Phi) is 9.04. The smallest absolute Gasteiger partial charge is 0.168 e. The van der Waals surface area contributed by atoms with Crippen LogP contribution in [-0.2, 0) is 4.79 Å². The van der Waals surface area contributed by atoms with E-state index in [2.05, 4.69) is 10.3 Å². The summed E-state index contributed by atoms with van der Waals surface area (Å²) in [6.45, 7) is 5.72. The maximum absolute atomic E-state index is 14.8. The van der Waals surface area contributed by atoms with Gasteiger partial charge in [0.25, 0.3) is 0 Å². The fraction of sp³-hybridized carbons (Fsp3) is 0.387. The number of halogens is 1. The van der Waals surface area contributed by atoms with E-state index in [1.807, 2.05) is 60.1 Å². The number of aryl methyl sites for hydroxylation is 1. The van der Waals surface area contributed by atoms with Crippen LogP contribution in [0.2, 0.25) is 0 Å². The summed E-state index contributed by atoms with van der Waals surface area (Å²) in [5.74, 6) is 0.698. The summed E-state index contributed by atoms with van der Waals surface area (Å²) >= 11 is 0. The molecule has 0 fully saturated rings. The zero-order valence-electron chi connectivity index (χ0n) is 23.8. The molecular weight excluding hydrogens is 509 g/mol. The van der Waals surface area contributed by atoms with Gasteiger partial charge >= 0.3 is 0 Å². The third-order valence-electron chi connectivity index (χ3n) is 7.65. The zero-order valence-corrected chi connectivity index (χ0v) is 23.8. The number of anilines is 1. The fourth-order valence-corrected chi connectivity index (χ4v) is 5.26. The second kappa shape index (κ2) is 12.5. The standard InChI is InChI=1S/C31H38FN5O3/c1-19-17-23(9-10-24(19)27(39)8-6-7-22(13-14-33)21(3)38)35-31-30-34-18-26(37(30)16-15-36(31)4)25-11-12-28(40-5)29(32)20(25)2/h9-12,15-18,22,31,35H,6-8,13-14,33H2,1-5H3. The van der Waals surface area contributed by atoms with Crippen LogP contribution >= 0.6 is 0 Å². The SMILES string of the molecule is COc1ccc(-c2cnc3n2C=CN(C)C3Nc2ccc(C(=O)CCCC(CCN)C(C)=O)c(C)c2)c(C)c1F. The molecule has 8 nitrogen and oxygen atoms in total. The lowest BCUT2D eigenvalue weighted by atomic mass is 9.92. The number of hydrogen-bond donors (Lipinski definition) is 2. The van der Waals surface area contributed by atoms with Crippen molar-refractivity contribution >= 4 is 23.5 Å². The molecule has 4 rings (SSSR count). The number of Topliss-reactive ketones (excluding diaryl/α,β-unsaturated/α-hetero) is 2. The van der Waals surface area contributed by atoms with Gasteiger partial charge in [-0.1, -0.05) is 0 Å². The highest BCUT2D eigenvalue weighted by atomic mass is 19.1. The summed E-state index contributed by atoms with van der Waals surface area (Å²) < 4.78 is 21.8. The predicted octanol–water partition coefficient (Wildman–Crippen LogP) is 5.71. The number of carbonyl (C=O) groups is 2. The number of ether oxygens (including phenoxy) is 1. The summed E-state index contributed by atoms with van der Waals surface area (Å²) in [6.07, 6.45) is 7.70. The lowest BCUT2D eigenvalue weighted by Gasteiger charge is -2.32. The van der Waals surface area contributed by atoms with Crippen LogP contribution < -0.4 is 15.8 Å². The molecule has 3 N–H and O–H groups in total. The first-order chi connectivity index (χ1) is 19.2. The zero-order chi connectivity index (χ0) is 29.0. The number of imidazole rings is 1. The average Bonchev–Trinajstić information content (AvgIpc) is 3.35. The molecule has 0 amide bonds. The summed E-state index contributed by atoms with van der Waals surface area (Å²) in [6, 6.07) is 9.18. The molecule has 9 heteroatoms. The van der Waals surface area contributed by atoms with Crippen molar-refractivity contribution in [1.29, 1.82) is 0 Å².